The molecule has 4 aromatic rings. The lowest BCUT2D eigenvalue weighted by Gasteiger charge is -2.04. The number of ether oxygens (including phenoxy) is 1. The van der Waals surface area contributed by atoms with E-state index >= 15 is 0 Å². The number of carbonyl (C=O) groups is 1. The van der Waals surface area contributed by atoms with Crippen LogP contribution in [0.3, 0.4) is 0 Å². The van der Waals surface area contributed by atoms with Gasteiger partial charge in [0.05, 0.1) is 29.6 Å². The first-order chi connectivity index (χ1) is 17.6. The molecule has 36 heavy (non-hydrogen) atoms. The third-order valence-corrected chi connectivity index (χ3v) is 6.43. The van der Waals surface area contributed by atoms with Gasteiger partial charge in [0.15, 0.2) is 5.57 Å². The summed E-state index contributed by atoms with van der Waals surface area (Å²) < 4.78 is 13.0. The van der Waals surface area contributed by atoms with Gasteiger partial charge in [0.25, 0.3) is 11.5 Å². The molecule has 1 N–H and O–H groups in total. The van der Waals surface area contributed by atoms with Gasteiger partial charge in [-0.05, 0) is 54.5 Å². The Labute approximate surface area is 212 Å². The van der Waals surface area contributed by atoms with Gasteiger partial charge < -0.3 is 14.5 Å². The highest BCUT2D eigenvalue weighted by atomic mass is 32.1. The van der Waals surface area contributed by atoms with Crippen molar-refractivity contribution < 1.29 is 13.9 Å². The van der Waals surface area contributed by atoms with Crippen LogP contribution in [0, 0.1) is 11.3 Å². The molecule has 0 saturated heterocycles. The van der Waals surface area contributed by atoms with Crippen LogP contribution in [0.15, 0.2) is 82.2 Å². The average molecular weight is 500 g/mol. The Bertz CT molecular complexity index is 1530. The van der Waals surface area contributed by atoms with E-state index in [1.807, 2.05) is 36.4 Å². The summed E-state index contributed by atoms with van der Waals surface area (Å²) in [6, 6.07) is 21.9. The average Bonchev–Trinajstić information content (AvgIpc) is 3.53. The number of aromatic nitrogens is 1. The summed E-state index contributed by atoms with van der Waals surface area (Å²) in [6.07, 6.45) is 5.30. The van der Waals surface area contributed by atoms with Crippen LogP contribution in [-0.2, 0) is 11.3 Å². The van der Waals surface area contributed by atoms with Gasteiger partial charge in [0.1, 0.15) is 22.2 Å². The van der Waals surface area contributed by atoms with Gasteiger partial charge in [0.2, 0.25) is 0 Å². The first-order valence-corrected chi connectivity index (χ1v) is 12.4. The van der Waals surface area contributed by atoms with E-state index < -0.39 is 5.91 Å². The van der Waals surface area contributed by atoms with Crippen molar-refractivity contribution in [3.05, 3.63) is 104 Å². The first-order valence-electron chi connectivity index (χ1n) is 11.6. The zero-order valence-electron chi connectivity index (χ0n) is 19.8. The Balaban J connectivity index is 1.77. The highest BCUT2D eigenvalue weighted by Gasteiger charge is 2.17. The van der Waals surface area contributed by atoms with Crippen LogP contribution < -0.4 is 24.8 Å². The second-order valence-electron chi connectivity index (χ2n) is 7.91. The zero-order valence-corrected chi connectivity index (χ0v) is 20.6. The molecule has 4 rings (SSSR count). The summed E-state index contributed by atoms with van der Waals surface area (Å²) in [5, 5.41) is 12.6. The Kier molecular flexibility index (Phi) is 8.16. The summed E-state index contributed by atoms with van der Waals surface area (Å²) in [7, 11) is 0. The molecule has 8 heteroatoms. The van der Waals surface area contributed by atoms with E-state index in [-0.39, 0.29) is 22.3 Å². The molecule has 2 heterocycles. The van der Waals surface area contributed by atoms with Gasteiger partial charge in [-0.15, -0.1) is 11.3 Å². The van der Waals surface area contributed by atoms with Crippen LogP contribution in [0.2, 0.25) is 0 Å². The van der Waals surface area contributed by atoms with Gasteiger partial charge in [0, 0.05) is 0 Å². The van der Waals surface area contributed by atoms with Crippen LogP contribution in [0.5, 0.6) is 5.75 Å². The van der Waals surface area contributed by atoms with Crippen molar-refractivity contribution in [3.8, 4) is 17.5 Å². The molecular formula is C28H25N3O4S. The number of nitrogens with zero attached hydrogens (tertiary/aromatic N) is 2. The van der Waals surface area contributed by atoms with Crippen LogP contribution in [-0.4, -0.2) is 17.1 Å². The van der Waals surface area contributed by atoms with E-state index in [1.54, 1.807) is 42.5 Å². The fourth-order valence-corrected chi connectivity index (χ4v) is 4.57. The highest BCUT2D eigenvalue weighted by molar-refractivity contribution is 7.07. The minimum atomic E-state index is -0.583. The molecule has 0 aliphatic heterocycles. The number of amides is 1. The largest absolute Gasteiger partial charge is 0.494 e. The second kappa shape index (κ2) is 11.9. The summed E-state index contributed by atoms with van der Waals surface area (Å²) >= 11 is 1.10. The maximum atomic E-state index is 13.5. The lowest BCUT2D eigenvalue weighted by atomic mass is 10.2. The van der Waals surface area contributed by atoms with Crippen molar-refractivity contribution in [3.63, 3.8) is 0 Å². The molecule has 0 atom stereocenters. The molecule has 7 nitrogen and oxygen atoms in total. The molecule has 2 aromatic carbocycles. The van der Waals surface area contributed by atoms with Gasteiger partial charge in [-0.3, -0.25) is 14.2 Å². The Hall–Kier alpha value is -4.35. The third kappa shape index (κ3) is 5.82. The van der Waals surface area contributed by atoms with Crippen LogP contribution in [0.25, 0.3) is 17.3 Å². The van der Waals surface area contributed by atoms with Crippen LogP contribution in [0.4, 0.5) is 0 Å². The highest BCUT2D eigenvalue weighted by Crippen LogP contribution is 2.13. The van der Waals surface area contributed by atoms with Crippen molar-refractivity contribution in [2.75, 3.05) is 6.61 Å². The van der Waals surface area contributed by atoms with Crippen molar-refractivity contribution >= 4 is 28.9 Å². The van der Waals surface area contributed by atoms with Crippen molar-refractivity contribution in [1.82, 2.24) is 9.88 Å². The molecule has 182 valence electrons. The standard InChI is InChI=1S/C28H25N3O4S/c1-2-3-15-34-22-13-11-20(12-14-22)17-25-27(33)31(21-8-5-4-6-9-21)28(36-25)24(18-29)26(32)30-19-23-10-7-16-35-23/h4-14,16-17H,2-3,15,19H2,1H3,(H,30,32). The molecule has 0 aliphatic carbocycles. The minimum Gasteiger partial charge on any atom is -0.494 e. The lowest BCUT2D eigenvalue weighted by Crippen LogP contribution is -2.33. The number of hydrogen-bond acceptors (Lipinski definition) is 6. The van der Waals surface area contributed by atoms with Crippen LogP contribution >= 0.6 is 11.3 Å². The molecule has 0 spiro atoms. The van der Waals surface area contributed by atoms with E-state index in [9.17, 15) is 14.9 Å². The number of thiazole rings is 1. The predicted octanol–water partition coefficient (Wildman–Crippen LogP) is 3.49. The van der Waals surface area contributed by atoms with Crippen LogP contribution in [0.1, 0.15) is 31.1 Å². The van der Waals surface area contributed by atoms with E-state index in [2.05, 4.69) is 12.2 Å². The SMILES string of the molecule is CCCCOc1ccc(C=c2sc(=C(C#N)C(=O)NCc3ccco3)n(-c3ccccc3)c2=O)cc1. The molecule has 0 radical (unpaired) electrons. The number of rotatable bonds is 9. The molecule has 0 fully saturated rings. The van der Waals surface area contributed by atoms with E-state index in [1.165, 1.54) is 10.8 Å². The molecule has 0 saturated carbocycles. The molecule has 2 aromatic heterocycles. The fraction of sp³-hybridized carbons (Fsp3) is 0.179. The second-order valence-corrected chi connectivity index (χ2v) is 8.94. The van der Waals surface area contributed by atoms with Crippen molar-refractivity contribution in [1.29, 1.82) is 5.26 Å². The number of nitriles is 1. The first kappa shape index (κ1) is 24.8. The van der Waals surface area contributed by atoms with Gasteiger partial charge in [-0.25, -0.2) is 0 Å². The number of carbonyl (C=O) groups excluding carboxylic acids is 1. The Morgan fingerprint density at radius 3 is 2.58 bits per heavy atom. The third-order valence-electron chi connectivity index (χ3n) is 5.34. The molecule has 0 bridgehead atoms. The fourth-order valence-electron chi connectivity index (χ4n) is 3.47. The minimum absolute atomic E-state index is 0.129. The summed E-state index contributed by atoms with van der Waals surface area (Å²) in [5.74, 6) is 0.742. The number of nitrogens with one attached hydrogen (secondary N) is 1. The summed E-state index contributed by atoms with van der Waals surface area (Å²) in [6.45, 7) is 2.89. The number of furan rings is 1. The predicted molar refractivity (Wildman–Crippen MR) is 139 cm³/mol. The van der Waals surface area contributed by atoms with Gasteiger partial charge in [-0.2, -0.15) is 5.26 Å². The quantitative estimate of drug-likeness (QED) is 0.356. The Morgan fingerprint density at radius 1 is 1.14 bits per heavy atom. The molecule has 0 unspecified atom stereocenters. The van der Waals surface area contributed by atoms with Gasteiger partial charge >= 0.3 is 0 Å². The maximum absolute atomic E-state index is 13.5. The molecule has 0 aliphatic rings. The van der Waals surface area contributed by atoms with Gasteiger partial charge in [-0.1, -0.05) is 43.7 Å². The number of unbranched alkanes of at least 4 members (excludes halogenated alkanes) is 1. The number of hydrogen-bond donors (Lipinski definition) is 1. The summed E-state index contributed by atoms with van der Waals surface area (Å²) in [4.78, 5) is 26.4. The lowest BCUT2D eigenvalue weighted by molar-refractivity contribution is -0.115. The molecule has 1 amide bonds. The monoisotopic (exact) mass is 499 g/mol. The van der Waals surface area contributed by atoms with E-state index in [0.29, 0.717) is 22.6 Å². The summed E-state index contributed by atoms with van der Waals surface area (Å²) in [5.41, 5.74) is 0.922. The van der Waals surface area contributed by atoms with E-state index in [0.717, 1.165) is 35.5 Å². The number of benzene rings is 2. The topological polar surface area (TPSA) is 97.3 Å². The number of para-hydroxylation sites is 1. The molecular weight excluding hydrogens is 474 g/mol. The van der Waals surface area contributed by atoms with E-state index in [4.69, 9.17) is 9.15 Å². The Morgan fingerprint density at radius 2 is 1.92 bits per heavy atom. The normalized spacial score (nSPS) is 12.2. The smallest absolute Gasteiger partial charge is 0.273 e. The van der Waals surface area contributed by atoms with Crippen molar-refractivity contribution in [2.24, 2.45) is 0 Å². The van der Waals surface area contributed by atoms with Crippen molar-refractivity contribution in [2.45, 2.75) is 26.3 Å². The zero-order chi connectivity index (χ0) is 25.3. The maximum Gasteiger partial charge on any atom is 0.273 e.